The maximum absolute atomic E-state index is 13.2. The van der Waals surface area contributed by atoms with Crippen LogP contribution in [-0.4, -0.2) is 31.6 Å². The minimum Gasteiger partial charge on any atom is -0.484 e. The molecule has 0 bridgehead atoms. The fraction of sp³-hybridized carbons (Fsp3) is 0.533. The van der Waals surface area contributed by atoms with Gasteiger partial charge in [-0.1, -0.05) is 11.6 Å². The quantitative estimate of drug-likeness (QED) is 0.894. The average molecular weight is 313 g/mol. The van der Waals surface area contributed by atoms with Crippen molar-refractivity contribution in [2.24, 2.45) is 11.8 Å². The fourth-order valence-corrected chi connectivity index (χ4v) is 3.39. The number of nitrogens with one attached hydrogen (secondary N) is 2. The van der Waals surface area contributed by atoms with E-state index in [-0.39, 0.29) is 23.6 Å². The Bertz CT molecular complexity index is 528. The zero-order valence-corrected chi connectivity index (χ0v) is 12.3. The molecule has 2 unspecified atom stereocenters. The smallest absolute Gasteiger partial charge is 0.258 e. The Labute approximate surface area is 128 Å². The molecule has 2 fully saturated rings. The van der Waals surface area contributed by atoms with Crippen molar-refractivity contribution >= 4 is 17.5 Å². The maximum atomic E-state index is 13.2. The third-order valence-corrected chi connectivity index (χ3v) is 4.59. The molecule has 21 heavy (non-hydrogen) atoms. The van der Waals surface area contributed by atoms with Crippen LogP contribution in [0, 0.1) is 17.7 Å². The molecule has 1 aliphatic carbocycles. The summed E-state index contributed by atoms with van der Waals surface area (Å²) in [6, 6.07) is 4.38. The second kappa shape index (κ2) is 6.20. The predicted octanol–water partition coefficient (Wildman–Crippen LogP) is 1.97. The Hall–Kier alpha value is -1.33. The van der Waals surface area contributed by atoms with E-state index < -0.39 is 5.82 Å². The summed E-state index contributed by atoms with van der Waals surface area (Å²) in [5.41, 5.74) is 0. The van der Waals surface area contributed by atoms with Gasteiger partial charge < -0.3 is 15.4 Å². The second-order valence-electron chi connectivity index (χ2n) is 5.78. The van der Waals surface area contributed by atoms with Crippen LogP contribution in [0.2, 0.25) is 5.02 Å². The van der Waals surface area contributed by atoms with Gasteiger partial charge in [-0.2, -0.15) is 0 Å². The van der Waals surface area contributed by atoms with Gasteiger partial charge in [-0.05, 0) is 49.9 Å². The third-order valence-electron chi connectivity index (χ3n) is 4.28. The highest BCUT2D eigenvalue weighted by atomic mass is 35.5. The van der Waals surface area contributed by atoms with Gasteiger partial charge in [0.2, 0.25) is 0 Å². The first-order valence-corrected chi connectivity index (χ1v) is 7.57. The highest BCUT2D eigenvalue weighted by Gasteiger charge is 2.37. The van der Waals surface area contributed by atoms with Gasteiger partial charge in [0.05, 0.1) is 5.02 Å². The number of halogens is 2. The van der Waals surface area contributed by atoms with Gasteiger partial charge in [-0.3, -0.25) is 4.79 Å². The van der Waals surface area contributed by atoms with Crippen LogP contribution in [0.1, 0.15) is 12.8 Å². The Kier molecular flexibility index (Phi) is 4.31. The SMILES string of the molecule is O=C(COc1ccc(Cl)c(F)c1)NC1CC2CNCC2C1. The topological polar surface area (TPSA) is 50.4 Å². The van der Waals surface area contributed by atoms with Gasteiger partial charge in [0.15, 0.2) is 6.61 Å². The normalized spacial score (nSPS) is 27.4. The summed E-state index contributed by atoms with van der Waals surface area (Å²) in [6.07, 6.45) is 2.05. The first-order valence-electron chi connectivity index (χ1n) is 7.20. The Morgan fingerprint density at radius 3 is 2.76 bits per heavy atom. The largest absolute Gasteiger partial charge is 0.484 e. The van der Waals surface area contributed by atoms with Crippen LogP contribution >= 0.6 is 11.6 Å². The van der Waals surface area contributed by atoms with Gasteiger partial charge in [0.25, 0.3) is 5.91 Å². The molecule has 6 heteroatoms. The molecule has 1 aliphatic heterocycles. The molecule has 114 valence electrons. The third kappa shape index (κ3) is 3.47. The average Bonchev–Trinajstić information content (AvgIpc) is 3.01. The number of fused-ring (bicyclic) bond motifs is 1. The molecule has 1 aromatic carbocycles. The number of ether oxygens (including phenoxy) is 1. The highest BCUT2D eigenvalue weighted by Crippen LogP contribution is 2.34. The van der Waals surface area contributed by atoms with Crippen LogP contribution in [0.25, 0.3) is 0 Å². The number of carbonyl (C=O) groups is 1. The molecule has 2 N–H and O–H groups in total. The summed E-state index contributed by atoms with van der Waals surface area (Å²) < 4.78 is 18.5. The first kappa shape index (κ1) is 14.6. The van der Waals surface area contributed by atoms with Crippen LogP contribution < -0.4 is 15.4 Å². The van der Waals surface area contributed by atoms with E-state index in [1.54, 1.807) is 6.07 Å². The first-order chi connectivity index (χ1) is 10.1. The molecular weight excluding hydrogens is 295 g/mol. The predicted molar refractivity (Wildman–Crippen MR) is 77.9 cm³/mol. The number of benzene rings is 1. The number of hydrogen-bond acceptors (Lipinski definition) is 3. The number of carbonyl (C=O) groups excluding carboxylic acids is 1. The zero-order chi connectivity index (χ0) is 14.8. The molecule has 0 aromatic heterocycles. The summed E-state index contributed by atoms with van der Waals surface area (Å²) in [5, 5.41) is 6.40. The van der Waals surface area contributed by atoms with Crippen molar-refractivity contribution in [2.45, 2.75) is 18.9 Å². The van der Waals surface area contributed by atoms with Crippen molar-refractivity contribution in [2.75, 3.05) is 19.7 Å². The molecule has 0 spiro atoms. The van der Waals surface area contributed by atoms with E-state index in [0.717, 1.165) is 25.9 Å². The molecule has 1 aromatic rings. The Morgan fingerprint density at radius 2 is 2.10 bits per heavy atom. The standard InChI is InChI=1S/C15H18ClFN2O2/c16-13-2-1-12(5-14(13)17)21-8-15(20)19-11-3-9-6-18-7-10(9)4-11/h1-2,5,9-11,18H,3-4,6-8H2,(H,19,20). The van der Waals surface area contributed by atoms with Crippen molar-refractivity contribution < 1.29 is 13.9 Å². The maximum Gasteiger partial charge on any atom is 0.258 e. The summed E-state index contributed by atoms with van der Waals surface area (Å²) in [7, 11) is 0. The lowest BCUT2D eigenvalue weighted by atomic mass is 10.0. The van der Waals surface area contributed by atoms with E-state index in [4.69, 9.17) is 16.3 Å². The lowest BCUT2D eigenvalue weighted by Gasteiger charge is -2.14. The molecule has 1 amide bonds. The van der Waals surface area contributed by atoms with Crippen molar-refractivity contribution in [1.29, 1.82) is 0 Å². The minimum absolute atomic E-state index is 0.0397. The van der Waals surface area contributed by atoms with E-state index in [1.165, 1.54) is 12.1 Å². The van der Waals surface area contributed by atoms with Crippen LogP contribution in [-0.2, 0) is 4.79 Å². The molecule has 3 rings (SSSR count). The summed E-state index contributed by atoms with van der Waals surface area (Å²) in [5.74, 6) is 0.955. The summed E-state index contributed by atoms with van der Waals surface area (Å²) in [6.45, 7) is 2.00. The summed E-state index contributed by atoms with van der Waals surface area (Å²) >= 11 is 5.59. The van der Waals surface area contributed by atoms with Crippen LogP contribution in [0.3, 0.4) is 0 Å². The molecule has 1 saturated carbocycles. The van der Waals surface area contributed by atoms with Crippen molar-refractivity contribution in [3.63, 3.8) is 0 Å². The molecule has 0 radical (unpaired) electrons. The van der Waals surface area contributed by atoms with E-state index in [1.807, 2.05) is 0 Å². The Balaban J connectivity index is 1.45. The van der Waals surface area contributed by atoms with E-state index in [0.29, 0.717) is 17.6 Å². The number of rotatable bonds is 4. The second-order valence-corrected chi connectivity index (χ2v) is 6.19. The molecule has 1 heterocycles. The molecular formula is C15H18ClFN2O2. The minimum atomic E-state index is -0.550. The zero-order valence-electron chi connectivity index (χ0n) is 11.6. The van der Waals surface area contributed by atoms with Crippen LogP contribution in [0.4, 0.5) is 4.39 Å². The van der Waals surface area contributed by atoms with Gasteiger partial charge in [-0.15, -0.1) is 0 Å². The monoisotopic (exact) mass is 312 g/mol. The fourth-order valence-electron chi connectivity index (χ4n) is 3.27. The van der Waals surface area contributed by atoms with E-state index >= 15 is 0 Å². The molecule has 1 saturated heterocycles. The van der Waals surface area contributed by atoms with Gasteiger partial charge in [0, 0.05) is 12.1 Å². The molecule has 2 aliphatic rings. The van der Waals surface area contributed by atoms with E-state index in [2.05, 4.69) is 10.6 Å². The van der Waals surface area contributed by atoms with Gasteiger partial charge >= 0.3 is 0 Å². The number of hydrogen-bond donors (Lipinski definition) is 2. The van der Waals surface area contributed by atoms with Crippen LogP contribution in [0.15, 0.2) is 18.2 Å². The van der Waals surface area contributed by atoms with Crippen molar-refractivity contribution in [3.05, 3.63) is 29.0 Å². The van der Waals surface area contributed by atoms with Gasteiger partial charge in [0.1, 0.15) is 11.6 Å². The summed E-state index contributed by atoms with van der Waals surface area (Å²) in [4.78, 5) is 11.9. The molecule has 2 atom stereocenters. The number of amides is 1. The highest BCUT2D eigenvalue weighted by molar-refractivity contribution is 6.30. The Morgan fingerprint density at radius 1 is 1.38 bits per heavy atom. The van der Waals surface area contributed by atoms with Gasteiger partial charge in [-0.25, -0.2) is 4.39 Å². The lowest BCUT2D eigenvalue weighted by molar-refractivity contribution is -0.123. The van der Waals surface area contributed by atoms with Crippen molar-refractivity contribution in [3.8, 4) is 5.75 Å². The lowest BCUT2D eigenvalue weighted by Crippen LogP contribution is -2.37. The van der Waals surface area contributed by atoms with E-state index in [9.17, 15) is 9.18 Å². The van der Waals surface area contributed by atoms with Crippen molar-refractivity contribution in [1.82, 2.24) is 10.6 Å². The van der Waals surface area contributed by atoms with Crippen LogP contribution in [0.5, 0.6) is 5.75 Å². The molecule has 4 nitrogen and oxygen atoms in total.